The van der Waals surface area contributed by atoms with Crippen LogP contribution in [0.1, 0.15) is 11.1 Å². The van der Waals surface area contributed by atoms with Crippen molar-refractivity contribution in [3.8, 4) is 22.8 Å². The number of aryl methyl sites for hydroxylation is 2. The van der Waals surface area contributed by atoms with Gasteiger partial charge in [0, 0.05) is 16.9 Å². The van der Waals surface area contributed by atoms with Crippen molar-refractivity contribution in [3.63, 3.8) is 0 Å². The van der Waals surface area contributed by atoms with Crippen molar-refractivity contribution in [2.45, 2.75) is 19.0 Å². The fraction of sp³-hybridized carbons (Fsp3) is 0.125. The minimum absolute atomic E-state index is 0.155. The number of para-hydroxylation sites is 1. The molecule has 1 amide bonds. The lowest BCUT2D eigenvalue weighted by Gasteiger charge is -2.11. The van der Waals surface area contributed by atoms with Crippen LogP contribution in [0.4, 0.5) is 5.69 Å². The second-order valence-electron chi connectivity index (χ2n) is 7.16. The van der Waals surface area contributed by atoms with Crippen molar-refractivity contribution in [2.24, 2.45) is 0 Å². The van der Waals surface area contributed by atoms with Crippen molar-refractivity contribution < 1.29 is 9.90 Å². The van der Waals surface area contributed by atoms with Crippen LogP contribution in [0.25, 0.3) is 17.1 Å². The fourth-order valence-corrected chi connectivity index (χ4v) is 3.86. The van der Waals surface area contributed by atoms with E-state index in [-0.39, 0.29) is 17.4 Å². The molecule has 4 rings (SSSR count). The molecule has 6 nitrogen and oxygen atoms in total. The maximum Gasteiger partial charge on any atom is 0.234 e. The van der Waals surface area contributed by atoms with E-state index in [2.05, 4.69) is 41.5 Å². The number of nitrogens with zero attached hydrogens (tertiary/aromatic N) is 3. The Balaban J connectivity index is 1.60. The molecule has 1 aromatic heterocycles. The van der Waals surface area contributed by atoms with Crippen LogP contribution < -0.4 is 5.32 Å². The molecule has 0 saturated heterocycles. The molecule has 0 aliphatic carbocycles. The first kappa shape index (κ1) is 20.7. The summed E-state index contributed by atoms with van der Waals surface area (Å²) in [6.07, 6.45) is 0. The molecule has 7 heteroatoms. The number of amides is 1. The highest BCUT2D eigenvalue weighted by atomic mass is 32.2. The van der Waals surface area contributed by atoms with E-state index in [1.807, 2.05) is 41.0 Å². The van der Waals surface area contributed by atoms with Gasteiger partial charge in [-0.05, 0) is 67.4 Å². The SMILES string of the molecule is Cc1ccc(-c2nnc(SCC(=O)Nc3ccc(O)cc3)n2-c2ccccc2)cc1C. The molecule has 31 heavy (non-hydrogen) atoms. The molecule has 0 atom stereocenters. The van der Waals surface area contributed by atoms with Gasteiger partial charge in [-0.25, -0.2) is 0 Å². The van der Waals surface area contributed by atoms with E-state index in [4.69, 9.17) is 0 Å². The van der Waals surface area contributed by atoms with Crippen molar-refractivity contribution in [3.05, 3.63) is 83.9 Å². The van der Waals surface area contributed by atoms with E-state index < -0.39 is 0 Å². The van der Waals surface area contributed by atoms with Gasteiger partial charge >= 0.3 is 0 Å². The highest BCUT2D eigenvalue weighted by Crippen LogP contribution is 2.29. The molecule has 1 heterocycles. The van der Waals surface area contributed by atoms with Gasteiger partial charge in [0.1, 0.15) is 5.75 Å². The van der Waals surface area contributed by atoms with Gasteiger partial charge in [-0.3, -0.25) is 9.36 Å². The van der Waals surface area contributed by atoms with Crippen LogP contribution in [0.15, 0.2) is 78.0 Å². The zero-order chi connectivity index (χ0) is 21.8. The molecule has 156 valence electrons. The summed E-state index contributed by atoms with van der Waals surface area (Å²) in [5, 5.41) is 21.6. The first-order valence-corrected chi connectivity index (χ1v) is 10.8. The summed E-state index contributed by atoms with van der Waals surface area (Å²) in [5.41, 5.74) is 4.93. The first-order chi connectivity index (χ1) is 15.0. The molecule has 0 spiro atoms. The second-order valence-corrected chi connectivity index (χ2v) is 8.10. The van der Waals surface area contributed by atoms with Crippen molar-refractivity contribution >= 4 is 23.4 Å². The van der Waals surface area contributed by atoms with E-state index in [9.17, 15) is 9.90 Å². The van der Waals surface area contributed by atoms with Crippen LogP contribution >= 0.6 is 11.8 Å². The monoisotopic (exact) mass is 430 g/mol. The van der Waals surface area contributed by atoms with Crippen LogP contribution in [0.3, 0.4) is 0 Å². The Morgan fingerprint density at radius 3 is 2.42 bits per heavy atom. The topological polar surface area (TPSA) is 80.0 Å². The molecule has 0 aliphatic heterocycles. The molecule has 0 bridgehead atoms. The number of carbonyl (C=O) groups is 1. The third-order valence-corrected chi connectivity index (χ3v) is 5.83. The van der Waals surface area contributed by atoms with Crippen molar-refractivity contribution in [1.82, 2.24) is 14.8 Å². The predicted molar refractivity (Wildman–Crippen MR) is 124 cm³/mol. The molecule has 0 unspecified atom stereocenters. The molecule has 0 fully saturated rings. The normalized spacial score (nSPS) is 10.8. The fourth-order valence-electron chi connectivity index (χ4n) is 3.11. The van der Waals surface area contributed by atoms with Gasteiger partial charge < -0.3 is 10.4 Å². The summed E-state index contributed by atoms with van der Waals surface area (Å²) in [5.74, 6) is 0.905. The number of anilines is 1. The summed E-state index contributed by atoms with van der Waals surface area (Å²) in [7, 11) is 0. The molecule has 0 saturated carbocycles. The number of thioether (sulfide) groups is 1. The van der Waals surface area contributed by atoms with Gasteiger partial charge in [-0.15, -0.1) is 10.2 Å². The lowest BCUT2D eigenvalue weighted by Crippen LogP contribution is -2.14. The van der Waals surface area contributed by atoms with Gasteiger partial charge in [0.25, 0.3) is 0 Å². The molecule has 0 aliphatic rings. The number of rotatable bonds is 6. The maximum atomic E-state index is 12.4. The van der Waals surface area contributed by atoms with Crippen molar-refractivity contribution in [1.29, 1.82) is 0 Å². The van der Waals surface area contributed by atoms with Gasteiger partial charge in [-0.2, -0.15) is 0 Å². The van der Waals surface area contributed by atoms with Gasteiger partial charge in [-0.1, -0.05) is 42.1 Å². The minimum atomic E-state index is -0.161. The number of carbonyl (C=O) groups excluding carboxylic acids is 1. The average molecular weight is 431 g/mol. The number of aromatic hydroxyl groups is 1. The Labute approximate surface area is 185 Å². The van der Waals surface area contributed by atoms with Gasteiger partial charge in [0.05, 0.1) is 5.75 Å². The lowest BCUT2D eigenvalue weighted by atomic mass is 10.1. The van der Waals surface area contributed by atoms with Crippen LogP contribution in [0.2, 0.25) is 0 Å². The summed E-state index contributed by atoms with van der Waals surface area (Å²) < 4.78 is 1.97. The quantitative estimate of drug-likeness (QED) is 0.333. The second kappa shape index (κ2) is 9.06. The Morgan fingerprint density at radius 2 is 1.71 bits per heavy atom. The zero-order valence-electron chi connectivity index (χ0n) is 17.2. The Kier molecular flexibility index (Phi) is 6.04. The summed E-state index contributed by atoms with van der Waals surface area (Å²) in [6.45, 7) is 4.15. The maximum absolute atomic E-state index is 12.4. The molecular weight excluding hydrogens is 408 g/mol. The molecule has 3 aromatic carbocycles. The summed E-state index contributed by atoms with van der Waals surface area (Å²) in [6, 6.07) is 22.5. The smallest absolute Gasteiger partial charge is 0.234 e. The largest absolute Gasteiger partial charge is 0.508 e. The first-order valence-electron chi connectivity index (χ1n) is 9.81. The van der Waals surface area contributed by atoms with E-state index in [1.54, 1.807) is 12.1 Å². The summed E-state index contributed by atoms with van der Waals surface area (Å²) >= 11 is 1.32. The number of hydrogen-bond donors (Lipinski definition) is 2. The molecular formula is C24H22N4O2S. The number of hydrogen-bond acceptors (Lipinski definition) is 5. The van der Waals surface area contributed by atoms with E-state index >= 15 is 0 Å². The molecule has 4 aromatic rings. The predicted octanol–water partition coefficient (Wildman–Crippen LogP) is 4.99. The highest BCUT2D eigenvalue weighted by molar-refractivity contribution is 7.99. The number of benzene rings is 3. The number of aromatic nitrogens is 3. The molecule has 0 radical (unpaired) electrons. The number of nitrogens with one attached hydrogen (secondary N) is 1. The van der Waals surface area contributed by atoms with Gasteiger partial charge in [0.15, 0.2) is 11.0 Å². The van der Waals surface area contributed by atoms with E-state index in [1.165, 1.54) is 35.0 Å². The molecule has 2 N–H and O–H groups in total. The Bertz CT molecular complexity index is 1200. The highest BCUT2D eigenvalue weighted by Gasteiger charge is 2.17. The Morgan fingerprint density at radius 1 is 0.968 bits per heavy atom. The lowest BCUT2D eigenvalue weighted by molar-refractivity contribution is -0.113. The average Bonchev–Trinajstić information content (AvgIpc) is 3.20. The minimum Gasteiger partial charge on any atom is -0.508 e. The summed E-state index contributed by atoms with van der Waals surface area (Å²) in [4.78, 5) is 12.4. The van der Waals surface area contributed by atoms with Crippen molar-refractivity contribution in [2.75, 3.05) is 11.1 Å². The Hall–Kier alpha value is -3.58. The van der Waals surface area contributed by atoms with Crippen LogP contribution in [0, 0.1) is 13.8 Å². The third kappa shape index (κ3) is 4.78. The standard InChI is InChI=1S/C24H22N4O2S/c1-16-8-9-18(14-17(16)2)23-26-27-24(28(23)20-6-4-3-5-7-20)31-15-22(30)25-19-10-12-21(29)13-11-19/h3-14,29H,15H2,1-2H3,(H,25,30). The van der Waals surface area contributed by atoms with E-state index in [0.29, 0.717) is 10.8 Å². The number of phenolic OH excluding ortho intramolecular Hbond substituents is 1. The zero-order valence-corrected chi connectivity index (χ0v) is 18.1. The number of phenols is 1. The van der Waals surface area contributed by atoms with Gasteiger partial charge in [0.2, 0.25) is 5.91 Å². The van der Waals surface area contributed by atoms with Crippen LogP contribution in [-0.2, 0) is 4.79 Å². The van der Waals surface area contributed by atoms with Crippen LogP contribution in [-0.4, -0.2) is 31.5 Å². The third-order valence-electron chi connectivity index (χ3n) is 4.90. The van der Waals surface area contributed by atoms with E-state index in [0.717, 1.165) is 17.1 Å². The van der Waals surface area contributed by atoms with Crippen LogP contribution in [0.5, 0.6) is 5.75 Å².